The Bertz CT molecular complexity index is 434. The van der Waals surface area contributed by atoms with Gasteiger partial charge in [-0.05, 0) is 57.2 Å². The van der Waals surface area contributed by atoms with Crippen molar-refractivity contribution in [1.29, 1.82) is 0 Å². The van der Waals surface area contributed by atoms with Crippen molar-refractivity contribution in [1.82, 2.24) is 10.2 Å². The van der Waals surface area contributed by atoms with E-state index < -0.39 is 0 Å². The van der Waals surface area contributed by atoms with Crippen molar-refractivity contribution in [2.45, 2.75) is 70.0 Å². The molecule has 2 atom stereocenters. The second-order valence-corrected chi connectivity index (χ2v) is 8.35. The Morgan fingerprint density at radius 3 is 2.67 bits per heavy atom. The molecule has 1 aromatic rings. The molecule has 4 heteroatoms. The first-order valence-electron chi connectivity index (χ1n) is 8.49. The molecule has 118 valence electrons. The third-order valence-corrected chi connectivity index (χ3v) is 6.35. The van der Waals surface area contributed by atoms with Crippen molar-refractivity contribution >= 4 is 22.9 Å². The van der Waals surface area contributed by atoms with Crippen LogP contribution in [0, 0.1) is 0 Å². The van der Waals surface area contributed by atoms with Gasteiger partial charge in [0.25, 0.3) is 0 Å². The van der Waals surface area contributed by atoms with Crippen LogP contribution >= 0.6 is 22.9 Å². The van der Waals surface area contributed by atoms with E-state index in [4.69, 9.17) is 11.6 Å². The van der Waals surface area contributed by atoms with Crippen LogP contribution in [0.4, 0.5) is 0 Å². The van der Waals surface area contributed by atoms with Gasteiger partial charge in [-0.1, -0.05) is 24.9 Å². The van der Waals surface area contributed by atoms with Crippen molar-refractivity contribution in [2.24, 2.45) is 0 Å². The number of hydrogen-bond acceptors (Lipinski definition) is 3. The van der Waals surface area contributed by atoms with Crippen molar-refractivity contribution in [2.75, 3.05) is 13.1 Å². The molecule has 0 amide bonds. The summed E-state index contributed by atoms with van der Waals surface area (Å²) in [5, 5.41) is 3.76. The van der Waals surface area contributed by atoms with Crippen molar-refractivity contribution in [3.63, 3.8) is 0 Å². The second kappa shape index (κ2) is 7.45. The highest BCUT2D eigenvalue weighted by molar-refractivity contribution is 7.16. The summed E-state index contributed by atoms with van der Waals surface area (Å²) in [5.74, 6) is 0. The Hall–Kier alpha value is -0.0900. The predicted molar refractivity (Wildman–Crippen MR) is 92.5 cm³/mol. The summed E-state index contributed by atoms with van der Waals surface area (Å²) in [6.07, 6.45) is 9.32. The standard InChI is InChI=1S/C17H27ClN2S/c1-2-9-19-13-11-14-4-3-5-15(12-13)20(14)10-8-16-6-7-17(18)21-16/h6-7,13-15,19H,2-5,8-12H2,1H3. The molecular formula is C17H27ClN2S. The highest BCUT2D eigenvalue weighted by atomic mass is 35.5. The lowest BCUT2D eigenvalue weighted by Gasteiger charge is -2.49. The largest absolute Gasteiger partial charge is 0.314 e. The minimum absolute atomic E-state index is 0.757. The van der Waals surface area contributed by atoms with E-state index in [1.807, 2.05) is 6.07 Å². The van der Waals surface area contributed by atoms with E-state index in [9.17, 15) is 0 Å². The molecular weight excluding hydrogens is 300 g/mol. The predicted octanol–water partition coefficient (Wildman–Crippen LogP) is 4.33. The maximum atomic E-state index is 6.04. The average Bonchev–Trinajstić information content (AvgIpc) is 2.88. The zero-order valence-electron chi connectivity index (χ0n) is 13.0. The summed E-state index contributed by atoms with van der Waals surface area (Å²) in [6.45, 7) is 4.65. The molecule has 1 N–H and O–H groups in total. The Kier molecular flexibility index (Phi) is 5.60. The SMILES string of the molecule is CCCNC1CC2CCCC(C1)N2CCc1ccc(Cl)s1. The summed E-state index contributed by atoms with van der Waals surface area (Å²) in [7, 11) is 0. The number of hydrogen-bond donors (Lipinski definition) is 1. The molecule has 2 aliphatic heterocycles. The number of thiophene rings is 1. The minimum atomic E-state index is 0.757. The Morgan fingerprint density at radius 2 is 2.05 bits per heavy atom. The van der Waals surface area contributed by atoms with Crippen LogP contribution in [0.3, 0.4) is 0 Å². The van der Waals surface area contributed by atoms with Crippen LogP contribution in [0.2, 0.25) is 4.34 Å². The fourth-order valence-electron chi connectivity index (χ4n) is 4.08. The summed E-state index contributed by atoms with van der Waals surface area (Å²) in [5.41, 5.74) is 0. The Morgan fingerprint density at radius 1 is 1.29 bits per heavy atom. The van der Waals surface area contributed by atoms with Gasteiger partial charge in [-0.25, -0.2) is 0 Å². The molecule has 0 aromatic carbocycles. The lowest BCUT2D eigenvalue weighted by molar-refractivity contribution is 0.0258. The normalized spacial score (nSPS) is 29.7. The summed E-state index contributed by atoms with van der Waals surface area (Å²) in [6, 6.07) is 6.60. The van der Waals surface area contributed by atoms with Crippen LogP contribution in [0.5, 0.6) is 0 Å². The zero-order valence-corrected chi connectivity index (χ0v) is 14.6. The Labute approximate surface area is 137 Å². The van der Waals surface area contributed by atoms with E-state index >= 15 is 0 Å². The van der Waals surface area contributed by atoms with E-state index in [1.54, 1.807) is 11.3 Å². The van der Waals surface area contributed by atoms with Gasteiger partial charge in [0.15, 0.2) is 0 Å². The first kappa shape index (κ1) is 15.8. The average molecular weight is 327 g/mol. The van der Waals surface area contributed by atoms with Gasteiger partial charge in [-0.3, -0.25) is 4.90 Å². The van der Waals surface area contributed by atoms with Crippen molar-refractivity contribution < 1.29 is 0 Å². The van der Waals surface area contributed by atoms with Crippen molar-refractivity contribution in [3.05, 3.63) is 21.3 Å². The molecule has 2 bridgehead atoms. The minimum Gasteiger partial charge on any atom is -0.314 e. The van der Waals surface area contributed by atoms with Crippen LogP contribution in [0.1, 0.15) is 50.3 Å². The van der Waals surface area contributed by atoms with Gasteiger partial charge < -0.3 is 5.32 Å². The molecule has 0 saturated carbocycles. The van der Waals surface area contributed by atoms with E-state index in [1.165, 1.54) is 56.5 Å². The molecule has 2 nitrogen and oxygen atoms in total. The molecule has 1 aromatic heterocycles. The number of piperidine rings is 2. The van der Waals surface area contributed by atoms with Gasteiger partial charge >= 0.3 is 0 Å². The summed E-state index contributed by atoms with van der Waals surface area (Å²) >= 11 is 7.78. The first-order valence-corrected chi connectivity index (χ1v) is 9.69. The smallest absolute Gasteiger partial charge is 0.0931 e. The number of nitrogens with one attached hydrogen (secondary N) is 1. The lowest BCUT2D eigenvalue weighted by atomic mass is 9.81. The molecule has 0 aliphatic carbocycles. The van der Waals surface area contributed by atoms with E-state index in [0.717, 1.165) is 28.9 Å². The number of rotatable bonds is 6. The summed E-state index contributed by atoms with van der Waals surface area (Å²) < 4.78 is 0.924. The molecule has 3 rings (SSSR count). The highest BCUT2D eigenvalue weighted by Crippen LogP contribution is 2.34. The van der Waals surface area contributed by atoms with Crippen LogP contribution < -0.4 is 5.32 Å². The van der Waals surface area contributed by atoms with Gasteiger partial charge in [0.2, 0.25) is 0 Å². The van der Waals surface area contributed by atoms with Gasteiger partial charge in [-0.2, -0.15) is 0 Å². The van der Waals surface area contributed by atoms with Gasteiger partial charge in [0.05, 0.1) is 4.34 Å². The molecule has 0 spiro atoms. The zero-order chi connectivity index (χ0) is 14.7. The molecule has 2 unspecified atom stereocenters. The van der Waals surface area contributed by atoms with E-state index in [-0.39, 0.29) is 0 Å². The third kappa shape index (κ3) is 4.01. The summed E-state index contributed by atoms with van der Waals surface area (Å²) in [4.78, 5) is 4.24. The van der Waals surface area contributed by atoms with Crippen molar-refractivity contribution in [3.8, 4) is 0 Å². The van der Waals surface area contributed by atoms with Crippen LogP contribution in [0.25, 0.3) is 0 Å². The van der Waals surface area contributed by atoms with Crippen LogP contribution in [0.15, 0.2) is 12.1 Å². The van der Waals surface area contributed by atoms with Crippen LogP contribution in [-0.4, -0.2) is 36.1 Å². The van der Waals surface area contributed by atoms with Gasteiger partial charge in [-0.15, -0.1) is 11.3 Å². The maximum absolute atomic E-state index is 6.04. The van der Waals surface area contributed by atoms with Crippen LogP contribution in [-0.2, 0) is 6.42 Å². The quantitative estimate of drug-likeness (QED) is 0.837. The first-order chi connectivity index (χ1) is 10.3. The fraction of sp³-hybridized carbons (Fsp3) is 0.765. The Balaban J connectivity index is 1.56. The molecule has 2 aliphatic rings. The van der Waals surface area contributed by atoms with Gasteiger partial charge in [0, 0.05) is 29.5 Å². The highest BCUT2D eigenvalue weighted by Gasteiger charge is 2.37. The molecule has 3 heterocycles. The molecule has 2 saturated heterocycles. The monoisotopic (exact) mass is 326 g/mol. The van der Waals surface area contributed by atoms with Gasteiger partial charge in [0.1, 0.15) is 0 Å². The van der Waals surface area contributed by atoms with E-state index in [0.29, 0.717) is 0 Å². The number of nitrogens with zero attached hydrogens (tertiary/aromatic N) is 1. The molecule has 0 radical (unpaired) electrons. The number of halogens is 1. The maximum Gasteiger partial charge on any atom is 0.0931 e. The second-order valence-electron chi connectivity index (χ2n) is 6.55. The lowest BCUT2D eigenvalue weighted by Crippen LogP contribution is -2.56. The molecule has 2 fully saturated rings. The fourth-order valence-corrected chi connectivity index (χ4v) is 5.16. The topological polar surface area (TPSA) is 15.3 Å². The van der Waals surface area contributed by atoms with E-state index in [2.05, 4.69) is 23.2 Å². The number of fused-ring (bicyclic) bond motifs is 2. The third-order valence-electron chi connectivity index (χ3n) is 5.05. The molecule has 21 heavy (non-hydrogen) atoms.